The van der Waals surface area contributed by atoms with Gasteiger partial charge in [-0.2, -0.15) is 0 Å². The molecule has 2 aromatic rings. The summed E-state index contributed by atoms with van der Waals surface area (Å²) in [7, 11) is 0. The second-order valence-electron chi connectivity index (χ2n) is 3.94. The molecule has 0 fully saturated rings. The molecule has 0 unspecified atom stereocenters. The van der Waals surface area contributed by atoms with Crippen LogP contribution in [0, 0.1) is 12.7 Å². The van der Waals surface area contributed by atoms with E-state index in [1.54, 1.807) is 36.5 Å². The number of carbonyl (C=O) groups is 1. The molecule has 1 aromatic heterocycles. The zero-order valence-corrected chi connectivity index (χ0v) is 10.4. The van der Waals surface area contributed by atoms with E-state index in [0.29, 0.717) is 18.4 Å². The molecule has 0 saturated heterocycles. The maximum absolute atomic E-state index is 13.7. The molecule has 0 atom stereocenters. The molecule has 1 heterocycles. The molecule has 0 saturated carbocycles. The third-order valence-electron chi connectivity index (χ3n) is 2.67. The summed E-state index contributed by atoms with van der Waals surface area (Å²) in [6, 6.07) is 8.89. The summed E-state index contributed by atoms with van der Waals surface area (Å²) < 4.78 is 13.7. The van der Waals surface area contributed by atoms with Gasteiger partial charge in [-0.15, -0.1) is 11.3 Å². The molecule has 88 valence electrons. The second kappa shape index (κ2) is 5.23. The fourth-order valence-corrected chi connectivity index (χ4v) is 2.40. The Balaban J connectivity index is 2.07. The van der Waals surface area contributed by atoms with E-state index in [1.165, 1.54) is 0 Å². The molecular weight excluding hydrogens is 235 g/mol. The number of thiophene rings is 1. The monoisotopic (exact) mass is 248 g/mol. The van der Waals surface area contributed by atoms with Gasteiger partial charge in [-0.1, -0.05) is 18.2 Å². The topological polar surface area (TPSA) is 17.1 Å². The Morgan fingerprint density at radius 2 is 2.12 bits per heavy atom. The van der Waals surface area contributed by atoms with Crippen molar-refractivity contribution < 1.29 is 9.18 Å². The van der Waals surface area contributed by atoms with E-state index in [9.17, 15) is 9.18 Å². The predicted octanol–water partition coefficient (Wildman–Crippen LogP) is 4.01. The molecule has 0 amide bonds. The van der Waals surface area contributed by atoms with E-state index < -0.39 is 0 Å². The Bertz CT molecular complexity index is 517. The summed E-state index contributed by atoms with van der Waals surface area (Å²) in [6.07, 6.45) is 1.05. The first-order valence-electron chi connectivity index (χ1n) is 5.49. The quantitative estimate of drug-likeness (QED) is 0.747. The van der Waals surface area contributed by atoms with Gasteiger partial charge < -0.3 is 0 Å². The molecule has 0 radical (unpaired) electrons. The van der Waals surface area contributed by atoms with Crippen molar-refractivity contribution in [2.45, 2.75) is 19.8 Å². The molecule has 0 spiro atoms. The van der Waals surface area contributed by atoms with Crippen molar-refractivity contribution in [1.29, 1.82) is 0 Å². The molecule has 0 aliphatic carbocycles. The fourth-order valence-electron chi connectivity index (χ4n) is 1.69. The van der Waals surface area contributed by atoms with Crippen molar-refractivity contribution in [2.75, 3.05) is 0 Å². The lowest BCUT2D eigenvalue weighted by molar-refractivity contribution is 0.0979. The third-order valence-corrected chi connectivity index (χ3v) is 3.61. The second-order valence-corrected chi connectivity index (χ2v) is 4.97. The highest BCUT2D eigenvalue weighted by Crippen LogP contribution is 2.17. The Labute approximate surface area is 104 Å². The number of rotatable bonds is 4. The van der Waals surface area contributed by atoms with Crippen LogP contribution in [0.3, 0.4) is 0 Å². The number of hydrogen-bond acceptors (Lipinski definition) is 2. The summed E-state index contributed by atoms with van der Waals surface area (Å²) in [5.74, 6) is -0.511. The average Bonchev–Trinajstić information content (AvgIpc) is 2.82. The van der Waals surface area contributed by atoms with Gasteiger partial charge in [-0.25, -0.2) is 4.39 Å². The molecule has 1 aromatic carbocycles. The van der Waals surface area contributed by atoms with E-state index in [2.05, 4.69) is 0 Å². The number of hydrogen-bond donors (Lipinski definition) is 0. The van der Waals surface area contributed by atoms with Crippen molar-refractivity contribution >= 4 is 17.1 Å². The van der Waals surface area contributed by atoms with Crippen molar-refractivity contribution in [3.8, 4) is 0 Å². The number of aryl methyl sites for hydroxylation is 2. The lowest BCUT2D eigenvalue weighted by Gasteiger charge is -2.04. The zero-order valence-electron chi connectivity index (χ0n) is 9.57. The van der Waals surface area contributed by atoms with Crippen LogP contribution in [0.1, 0.15) is 27.2 Å². The highest BCUT2D eigenvalue weighted by molar-refractivity contribution is 7.09. The van der Waals surface area contributed by atoms with E-state index in [4.69, 9.17) is 0 Å². The first-order valence-corrected chi connectivity index (χ1v) is 6.37. The molecule has 3 heteroatoms. The van der Waals surface area contributed by atoms with Crippen LogP contribution in [-0.2, 0) is 6.42 Å². The minimum atomic E-state index is -0.385. The zero-order chi connectivity index (χ0) is 12.3. The van der Waals surface area contributed by atoms with E-state index in [1.807, 2.05) is 17.5 Å². The Kier molecular flexibility index (Phi) is 3.69. The van der Waals surface area contributed by atoms with E-state index in [0.717, 1.165) is 4.88 Å². The van der Waals surface area contributed by atoms with Gasteiger partial charge in [-0.3, -0.25) is 4.79 Å². The van der Waals surface area contributed by atoms with Crippen LogP contribution in [0.5, 0.6) is 0 Å². The molecular formula is C14H13FOS. The Hall–Kier alpha value is -1.48. The van der Waals surface area contributed by atoms with Crippen LogP contribution in [0.15, 0.2) is 35.7 Å². The average molecular weight is 248 g/mol. The van der Waals surface area contributed by atoms with E-state index in [-0.39, 0.29) is 17.2 Å². The summed E-state index contributed by atoms with van der Waals surface area (Å²) in [5.41, 5.74) is 0.730. The first kappa shape index (κ1) is 12.0. The number of halogens is 1. The van der Waals surface area contributed by atoms with Crippen LogP contribution in [0.25, 0.3) is 0 Å². The maximum atomic E-state index is 13.7. The Morgan fingerprint density at radius 3 is 2.82 bits per heavy atom. The molecule has 0 aliphatic heterocycles. The number of benzene rings is 1. The SMILES string of the molecule is Cc1cccc(C(=O)CCc2cccs2)c1F. The first-order chi connectivity index (χ1) is 8.18. The molecule has 0 bridgehead atoms. The normalized spacial score (nSPS) is 10.5. The third kappa shape index (κ3) is 2.80. The van der Waals surface area contributed by atoms with Gasteiger partial charge in [-0.05, 0) is 36.4 Å². The molecule has 17 heavy (non-hydrogen) atoms. The summed E-state index contributed by atoms with van der Waals surface area (Å²) in [5, 5.41) is 1.98. The van der Waals surface area contributed by atoms with Crippen LogP contribution in [0.2, 0.25) is 0 Å². The Morgan fingerprint density at radius 1 is 1.29 bits per heavy atom. The minimum absolute atomic E-state index is 0.125. The van der Waals surface area contributed by atoms with Gasteiger partial charge in [0.05, 0.1) is 5.56 Å². The van der Waals surface area contributed by atoms with Gasteiger partial charge in [0.1, 0.15) is 5.82 Å². The molecule has 0 N–H and O–H groups in total. The highest BCUT2D eigenvalue weighted by atomic mass is 32.1. The smallest absolute Gasteiger partial charge is 0.166 e. The van der Waals surface area contributed by atoms with Crippen molar-refractivity contribution in [1.82, 2.24) is 0 Å². The van der Waals surface area contributed by atoms with Gasteiger partial charge in [0.25, 0.3) is 0 Å². The van der Waals surface area contributed by atoms with Crippen LogP contribution in [-0.4, -0.2) is 5.78 Å². The largest absolute Gasteiger partial charge is 0.294 e. The van der Waals surface area contributed by atoms with Gasteiger partial charge in [0.2, 0.25) is 0 Å². The molecule has 2 rings (SSSR count). The van der Waals surface area contributed by atoms with Crippen LogP contribution < -0.4 is 0 Å². The molecule has 0 aliphatic rings. The van der Waals surface area contributed by atoms with Crippen molar-refractivity contribution in [3.05, 3.63) is 57.5 Å². The van der Waals surface area contributed by atoms with Gasteiger partial charge >= 0.3 is 0 Å². The van der Waals surface area contributed by atoms with Gasteiger partial charge in [0.15, 0.2) is 5.78 Å². The summed E-state index contributed by atoms with van der Waals surface area (Å²) in [6.45, 7) is 1.67. The van der Waals surface area contributed by atoms with Crippen LogP contribution in [0.4, 0.5) is 4.39 Å². The lowest BCUT2D eigenvalue weighted by atomic mass is 10.0. The number of ketones is 1. The summed E-state index contributed by atoms with van der Waals surface area (Å²) >= 11 is 1.62. The standard InChI is InChI=1S/C14H13FOS/c1-10-4-2-6-12(14(10)15)13(16)8-7-11-5-3-9-17-11/h2-6,9H,7-8H2,1H3. The fraction of sp³-hybridized carbons (Fsp3) is 0.214. The molecule has 1 nitrogen and oxygen atoms in total. The van der Waals surface area contributed by atoms with E-state index >= 15 is 0 Å². The number of Topliss-reactive ketones (excluding diaryl/α,β-unsaturated/α-hetero) is 1. The number of carbonyl (C=O) groups excluding carboxylic acids is 1. The predicted molar refractivity (Wildman–Crippen MR) is 68.1 cm³/mol. The lowest BCUT2D eigenvalue weighted by Crippen LogP contribution is -2.04. The maximum Gasteiger partial charge on any atom is 0.166 e. The van der Waals surface area contributed by atoms with Crippen molar-refractivity contribution in [2.24, 2.45) is 0 Å². The summed E-state index contributed by atoms with van der Waals surface area (Å²) in [4.78, 5) is 13.0. The van der Waals surface area contributed by atoms with Crippen molar-refractivity contribution in [3.63, 3.8) is 0 Å². The minimum Gasteiger partial charge on any atom is -0.294 e. The van der Waals surface area contributed by atoms with Crippen LogP contribution >= 0.6 is 11.3 Å². The highest BCUT2D eigenvalue weighted by Gasteiger charge is 2.13. The van der Waals surface area contributed by atoms with Gasteiger partial charge in [0, 0.05) is 11.3 Å².